The highest BCUT2D eigenvalue weighted by Crippen LogP contribution is 2.26. The molecular formula is C23H22FN5O2S. The predicted octanol–water partition coefficient (Wildman–Crippen LogP) is 4.75. The van der Waals surface area contributed by atoms with Crippen LogP contribution < -0.4 is 5.32 Å². The molecule has 32 heavy (non-hydrogen) atoms. The first-order chi connectivity index (χ1) is 15.4. The molecule has 0 saturated carbocycles. The van der Waals surface area contributed by atoms with E-state index in [4.69, 9.17) is 4.52 Å². The number of amides is 1. The Kier molecular flexibility index (Phi) is 6.36. The number of aromatic nitrogens is 4. The maximum atomic E-state index is 13.1. The van der Waals surface area contributed by atoms with Crippen molar-refractivity contribution in [2.24, 2.45) is 5.92 Å². The van der Waals surface area contributed by atoms with Crippen LogP contribution in [0.3, 0.4) is 0 Å². The number of nitrogens with zero attached hydrogens (tertiary/aromatic N) is 4. The molecule has 164 valence electrons. The van der Waals surface area contributed by atoms with E-state index in [-0.39, 0.29) is 17.6 Å². The number of thiazole rings is 1. The zero-order chi connectivity index (χ0) is 22.7. The second-order valence-corrected chi connectivity index (χ2v) is 8.80. The van der Waals surface area contributed by atoms with Crippen LogP contribution in [-0.2, 0) is 6.42 Å². The Morgan fingerprint density at radius 3 is 2.66 bits per heavy atom. The largest absolute Gasteiger partial charge is 0.339 e. The fraction of sp³-hybridized carbons (Fsp3) is 0.261. The first-order valence-corrected chi connectivity index (χ1v) is 11.0. The highest BCUT2D eigenvalue weighted by Gasteiger charge is 2.27. The molecule has 4 rings (SSSR count). The molecule has 0 bridgehead atoms. The summed E-state index contributed by atoms with van der Waals surface area (Å²) in [6.07, 6.45) is 3.86. The monoisotopic (exact) mass is 451 g/mol. The molecule has 0 spiro atoms. The lowest BCUT2D eigenvalue weighted by Crippen LogP contribution is -2.32. The van der Waals surface area contributed by atoms with E-state index in [1.807, 2.05) is 19.9 Å². The summed E-state index contributed by atoms with van der Waals surface area (Å²) < 4.78 is 18.6. The summed E-state index contributed by atoms with van der Waals surface area (Å²) in [7, 11) is 0. The Hall–Kier alpha value is -3.46. The van der Waals surface area contributed by atoms with E-state index in [1.165, 1.54) is 23.5 Å². The number of carbonyl (C=O) groups excluding carboxylic acids is 1. The molecule has 1 aromatic carbocycles. The van der Waals surface area contributed by atoms with Crippen LogP contribution in [0.1, 0.15) is 51.7 Å². The summed E-state index contributed by atoms with van der Waals surface area (Å²) in [5.74, 6) is 0.249. The Bertz CT molecular complexity index is 1200. The van der Waals surface area contributed by atoms with Crippen LogP contribution in [0.25, 0.3) is 11.4 Å². The molecule has 1 atom stereocenters. The van der Waals surface area contributed by atoms with Crippen molar-refractivity contribution >= 4 is 17.2 Å². The fourth-order valence-electron chi connectivity index (χ4n) is 3.21. The number of hydrogen-bond donors (Lipinski definition) is 1. The summed E-state index contributed by atoms with van der Waals surface area (Å²) in [6, 6.07) is 9.45. The Balaban J connectivity index is 1.51. The van der Waals surface area contributed by atoms with E-state index in [9.17, 15) is 9.18 Å². The quantitative estimate of drug-likeness (QED) is 0.436. The fourth-order valence-corrected chi connectivity index (χ4v) is 4.21. The molecule has 0 aliphatic carbocycles. The predicted molar refractivity (Wildman–Crippen MR) is 119 cm³/mol. The molecule has 4 aromatic rings. The first-order valence-electron chi connectivity index (χ1n) is 10.2. The first kappa shape index (κ1) is 21.8. The van der Waals surface area contributed by atoms with E-state index in [2.05, 4.69) is 25.4 Å². The highest BCUT2D eigenvalue weighted by atomic mass is 32.1. The highest BCUT2D eigenvalue weighted by molar-refractivity contribution is 7.13. The third-order valence-electron chi connectivity index (χ3n) is 4.90. The zero-order valence-corrected chi connectivity index (χ0v) is 18.7. The van der Waals surface area contributed by atoms with Crippen molar-refractivity contribution in [1.29, 1.82) is 0 Å². The van der Waals surface area contributed by atoms with E-state index >= 15 is 0 Å². The van der Waals surface area contributed by atoms with Gasteiger partial charge in [-0.25, -0.2) is 9.37 Å². The maximum Gasteiger partial charge on any atom is 0.263 e. The van der Waals surface area contributed by atoms with Crippen molar-refractivity contribution in [1.82, 2.24) is 25.4 Å². The lowest BCUT2D eigenvalue weighted by atomic mass is 10.0. The minimum atomic E-state index is -0.456. The van der Waals surface area contributed by atoms with Crippen LogP contribution in [0.2, 0.25) is 0 Å². The number of rotatable bonds is 7. The Labute approximate surface area is 188 Å². The smallest absolute Gasteiger partial charge is 0.263 e. The van der Waals surface area contributed by atoms with Crippen molar-refractivity contribution in [3.8, 4) is 11.4 Å². The molecule has 1 N–H and O–H groups in total. The lowest BCUT2D eigenvalue weighted by molar-refractivity contribution is 0.0917. The van der Waals surface area contributed by atoms with E-state index in [1.54, 1.807) is 37.5 Å². The summed E-state index contributed by atoms with van der Waals surface area (Å²) in [4.78, 5) is 26.6. The van der Waals surface area contributed by atoms with Gasteiger partial charge in [-0.3, -0.25) is 9.78 Å². The summed E-state index contributed by atoms with van der Waals surface area (Å²) in [5, 5.41) is 7.83. The van der Waals surface area contributed by atoms with Crippen LogP contribution in [0, 0.1) is 18.7 Å². The molecule has 1 unspecified atom stereocenters. The van der Waals surface area contributed by atoms with Crippen molar-refractivity contribution in [3.63, 3.8) is 0 Å². The number of pyridine rings is 1. The summed E-state index contributed by atoms with van der Waals surface area (Å²) in [5.41, 5.74) is 2.31. The molecule has 0 aliphatic heterocycles. The zero-order valence-electron chi connectivity index (χ0n) is 17.9. The molecule has 0 aliphatic rings. The van der Waals surface area contributed by atoms with Gasteiger partial charge in [-0.15, -0.1) is 11.3 Å². The topological polar surface area (TPSA) is 93.8 Å². The van der Waals surface area contributed by atoms with Crippen LogP contribution >= 0.6 is 11.3 Å². The SMILES string of the molecule is Cc1nc(Cc2ccc(F)cc2)sc1C(=O)NC(c1nc(-c2cccnc2)no1)C(C)C. The minimum absolute atomic E-state index is 0.0214. The van der Waals surface area contributed by atoms with Crippen molar-refractivity contribution < 1.29 is 13.7 Å². The van der Waals surface area contributed by atoms with Gasteiger partial charge in [0.05, 0.1) is 10.7 Å². The molecule has 3 heterocycles. The standard InChI is InChI=1S/C23H22FN5O2S/c1-13(2)19(23-28-21(29-31-23)16-5-4-10-25-12-16)27-22(30)20-14(3)26-18(32-20)11-15-6-8-17(24)9-7-15/h4-10,12-13,19H,11H2,1-3H3,(H,27,30). The summed E-state index contributed by atoms with van der Waals surface area (Å²) >= 11 is 1.33. The van der Waals surface area contributed by atoms with E-state index in [0.29, 0.717) is 28.7 Å². The van der Waals surface area contributed by atoms with Crippen molar-refractivity contribution in [3.05, 3.63) is 81.6 Å². The maximum absolute atomic E-state index is 13.1. The van der Waals surface area contributed by atoms with E-state index in [0.717, 1.165) is 16.1 Å². The third-order valence-corrected chi connectivity index (χ3v) is 6.05. The average Bonchev–Trinajstić information content (AvgIpc) is 3.41. The number of benzene rings is 1. The molecule has 0 fully saturated rings. The second-order valence-electron chi connectivity index (χ2n) is 7.72. The van der Waals surface area contributed by atoms with Crippen molar-refractivity contribution in [2.45, 2.75) is 33.2 Å². The number of hydrogen-bond acceptors (Lipinski definition) is 7. The number of halogens is 1. The molecular weight excluding hydrogens is 429 g/mol. The van der Waals surface area contributed by atoms with Gasteiger partial charge in [-0.05, 0) is 42.7 Å². The number of carbonyl (C=O) groups is 1. The van der Waals surface area contributed by atoms with Crippen LogP contribution in [0.5, 0.6) is 0 Å². The number of aryl methyl sites for hydroxylation is 1. The van der Waals surface area contributed by atoms with Gasteiger partial charge < -0.3 is 9.84 Å². The third kappa shape index (κ3) is 4.88. The van der Waals surface area contributed by atoms with Crippen LogP contribution in [0.4, 0.5) is 4.39 Å². The van der Waals surface area contributed by atoms with Gasteiger partial charge >= 0.3 is 0 Å². The van der Waals surface area contributed by atoms with Gasteiger partial charge in [-0.2, -0.15) is 4.98 Å². The minimum Gasteiger partial charge on any atom is -0.339 e. The lowest BCUT2D eigenvalue weighted by Gasteiger charge is -2.18. The van der Waals surface area contributed by atoms with Gasteiger partial charge in [0.2, 0.25) is 11.7 Å². The normalized spacial score (nSPS) is 12.2. The molecule has 3 aromatic heterocycles. The van der Waals surface area contributed by atoms with Crippen LogP contribution in [-0.4, -0.2) is 26.0 Å². The van der Waals surface area contributed by atoms with E-state index < -0.39 is 6.04 Å². The molecule has 7 nitrogen and oxygen atoms in total. The molecule has 9 heteroatoms. The Morgan fingerprint density at radius 1 is 1.19 bits per heavy atom. The number of nitrogens with one attached hydrogen (secondary N) is 1. The summed E-state index contributed by atoms with van der Waals surface area (Å²) in [6.45, 7) is 5.74. The molecule has 1 amide bonds. The van der Waals surface area contributed by atoms with Gasteiger partial charge in [0.15, 0.2) is 0 Å². The molecule has 0 radical (unpaired) electrons. The van der Waals surface area contributed by atoms with Gasteiger partial charge in [0.25, 0.3) is 5.91 Å². The van der Waals surface area contributed by atoms with Gasteiger partial charge in [-0.1, -0.05) is 31.1 Å². The Morgan fingerprint density at radius 2 is 1.97 bits per heavy atom. The van der Waals surface area contributed by atoms with Crippen molar-refractivity contribution in [2.75, 3.05) is 0 Å². The van der Waals surface area contributed by atoms with Gasteiger partial charge in [0.1, 0.15) is 16.7 Å². The van der Waals surface area contributed by atoms with Gasteiger partial charge in [0, 0.05) is 24.4 Å². The molecule has 0 saturated heterocycles. The van der Waals surface area contributed by atoms with Crippen LogP contribution in [0.15, 0.2) is 53.3 Å². The average molecular weight is 452 g/mol. The second kappa shape index (κ2) is 9.35.